The van der Waals surface area contributed by atoms with Crippen LogP contribution in [0, 0.1) is 5.92 Å². The van der Waals surface area contributed by atoms with Crippen molar-refractivity contribution in [3.05, 3.63) is 0 Å². The van der Waals surface area contributed by atoms with E-state index in [0.717, 1.165) is 25.1 Å². The van der Waals surface area contributed by atoms with E-state index >= 15 is 0 Å². The summed E-state index contributed by atoms with van der Waals surface area (Å²) in [7, 11) is 1.79. The maximum Gasteiger partial charge on any atom is 0.0589 e. The van der Waals surface area contributed by atoms with Crippen molar-refractivity contribution in [2.24, 2.45) is 5.92 Å². The zero-order chi connectivity index (χ0) is 11.1. The van der Waals surface area contributed by atoms with Crippen LogP contribution < -0.4 is 5.32 Å². The minimum atomic E-state index is 0.737. The van der Waals surface area contributed by atoms with E-state index in [1.807, 2.05) is 0 Å². The number of methoxy groups -OCH3 is 1. The second-order valence-corrected chi connectivity index (χ2v) is 4.48. The van der Waals surface area contributed by atoms with Gasteiger partial charge < -0.3 is 10.1 Å². The van der Waals surface area contributed by atoms with Crippen molar-refractivity contribution in [1.82, 2.24) is 10.2 Å². The van der Waals surface area contributed by atoms with Gasteiger partial charge in [-0.25, -0.2) is 0 Å². The molecule has 0 aromatic rings. The smallest absolute Gasteiger partial charge is 0.0589 e. The fraction of sp³-hybridized carbons (Fsp3) is 1.00. The van der Waals surface area contributed by atoms with E-state index in [1.54, 1.807) is 7.11 Å². The Morgan fingerprint density at radius 2 is 2.00 bits per heavy atom. The Labute approximate surface area is 94.2 Å². The molecule has 15 heavy (non-hydrogen) atoms. The molecule has 1 saturated heterocycles. The number of nitrogens with one attached hydrogen (secondary N) is 1. The molecule has 0 aliphatic carbocycles. The van der Waals surface area contributed by atoms with Crippen molar-refractivity contribution in [1.29, 1.82) is 0 Å². The predicted octanol–water partition coefficient (Wildman–Crippen LogP) is 1.34. The summed E-state index contributed by atoms with van der Waals surface area (Å²) in [5.74, 6) is 0.863. The monoisotopic (exact) mass is 214 g/mol. The van der Waals surface area contributed by atoms with Crippen molar-refractivity contribution in [2.45, 2.75) is 32.7 Å². The lowest BCUT2D eigenvalue weighted by Crippen LogP contribution is -2.51. The Morgan fingerprint density at radius 3 is 2.40 bits per heavy atom. The average molecular weight is 214 g/mol. The third kappa shape index (κ3) is 4.09. The van der Waals surface area contributed by atoms with Gasteiger partial charge in [0.05, 0.1) is 6.61 Å². The van der Waals surface area contributed by atoms with Crippen LogP contribution in [0.15, 0.2) is 0 Å². The second-order valence-electron chi connectivity index (χ2n) is 4.48. The summed E-state index contributed by atoms with van der Waals surface area (Å²) in [5, 5.41) is 3.34. The van der Waals surface area contributed by atoms with Crippen LogP contribution in [0.4, 0.5) is 0 Å². The molecule has 0 radical (unpaired) electrons. The van der Waals surface area contributed by atoms with Crippen LogP contribution in [0.1, 0.15) is 26.7 Å². The zero-order valence-corrected chi connectivity index (χ0v) is 10.5. The van der Waals surface area contributed by atoms with Gasteiger partial charge in [-0.05, 0) is 18.8 Å². The molecular weight excluding hydrogens is 188 g/mol. The number of nitrogens with zero attached hydrogens (tertiary/aromatic N) is 1. The number of hydrogen-bond acceptors (Lipinski definition) is 3. The molecule has 1 aliphatic heterocycles. The molecule has 0 unspecified atom stereocenters. The molecule has 3 nitrogen and oxygen atoms in total. The van der Waals surface area contributed by atoms with E-state index in [9.17, 15) is 0 Å². The highest BCUT2D eigenvalue weighted by atomic mass is 16.5. The first kappa shape index (κ1) is 12.9. The van der Waals surface area contributed by atoms with Gasteiger partial charge in [0.1, 0.15) is 0 Å². The molecule has 0 bridgehead atoms. The minimum Gasteiger partial charge on any atom is -0.383 e. The predicted molar refractivity (Wildman–Crippen MR) is 64.2 cm³/mol. The summed E-state index contributed by atoms with van der Waals surface area (Å²) in [6.45, 7) is 10.1. The van der Waals surface area contributed by atoms with Crippen LogP contribution in [-0.2, 0) is 4.74 Å². The standard InChI is InChI=1S/C12H26N2O/c1-4-12(5-2)14(6-7-15-3)10-11-8-13-9-11/h11-13H,4-10H2,1-3H3. The second kappa shape index (κ2) is 7.20. The summed E-state index contributed by atoms with van der Waals surface area (Å²) in [6.07, 6.45) is 2.50. The van der Waals surface area contributed by atoms with Crippen LogP contribution in [-0.4, -0.2) is 50.8 Å². The van der Waals surface area contributed by atoms with Crippen molar-refractivity contribution in [3.63, 3.8) is 0 Å². The van der Waals surface area contributed by atoms with Gasteiger partial charge in [0.2, 0.25) is 0 Å². The largest absolute Gasteiger partial charge is 0.383 e. The molecule has 0 atom stereocenters. The Kier molecular flexibility index (Phi) is 6.22. The van der Waals surface area contributed by atoms with Crippen molar-refractivity contribution >= 4 is 0 Å². The van der Waals surface area contributed by atoms with Gasteiger partial charge in [0.15, 0.2) is 0 Å². The lowest BCUT2D eigenvalue weighted by atomic mass is 10.0. The lowest BCUT2D eigenvalue weighted by Gasteiger charge is -2.37. The summed E-state index contributed by atoms with van der Waals surface area (Å²) in [5.41, 5.74) is 0. The minimum absolute atomic E-state index is 0.737. The summed E-state index contributed by atoms with van der Waals surface area (Å²) < 4.78 is 5.19. The molecule has 1 N–H and O–H groups in total. The lowest BCUT2D eigenvalue weighted by molar-refractivity contribution is 0.0913. The van der Waals surface area contributed by atoms with Gasteiger partial charge in [-0.1, -0.05) is 13.8 Å². The Hall–Kier alpha value is -0.120. The maximum atomic E-state index is 5.19. The molecule has 0 saturated carbocycles. The first-order chi connectivity index (χ1) is 7.31. The van der Waals surface area contributed by atoms with E-state index in [4.69, 9.17) is 4.74 Å². The molecule has 0 amide bonds. The Bertz CT molecular complexity index is 156. The molecule has 0 aromatic heterocycles. The normalized spacial score (nSPS) is 17.4. The third-order valence-corrected chi connectivity index (χ3v) is 3.40. The molecule has 90 valence electrons. The summed E-state index contributed by atoms with van der Waals surface area (Å²) in [6, 6.07) is 0.737. The van der Waals surface area contributed by atoms with Crippen LogP contribution in [0.25, 0.3) is 0 Å². The van der Waals surface area contributed by atoms with Gasteiger partial charge in [0.25, 0.3) is 0 Å². The highest BCUT2D eigenvalue weighted by Crippen LogP contribution is 2.13. The molecule has 1 rings (SSSR count). The molecular formula is C12H26N2O. The fourth-order valence-corrected chi connectivity index (χ4v) is 2.25. The molecule has 1 heterocycles. The molecule has 0 spiro atoms. The number of ether oxygens (including phenoxy) is 1. The van der Waals surface area contributed by atoms with Crippen molar-refractivity contribution < 1.29 is 4.74 Å². The number of hydrogen-bond donors (Lipinski definition) is 1. The molecule has 3 heteroatoms. The van der Waals surface area contributed by atoms with E-state index in [1.165, 1.54) is 32.5 Å². The quantitative estimate of drug-likeness (QED) is 0.660. The third-order valence-electron chi connectivity index (χ3n) is 3.40. The van der Waals surface area contributed by atoms with Gasteiger partial charge in [0, 0.05) is 39.3 Å². The summed E-state index contributed by atoms with van der Waals surface area (Å²) >= 11 is 0. The van der Waals surface area contributed by atoms with E-state index in [-0.39, 0.29) is 0 Å². The van der Waals surface area contributed by atoms with Gasteiger partial charge >= 0.3 is 0 Å². The van der Waals surface area contributed by atoms with Gasteiger partial charge in [-0.3, -0.25) is 4.90 Å². The molecule has 1 aliphatic rings. The van der Waals surface area contributed by atoms with Gasteiger partial charge in [-0.15, -0.1) is 0 Å². The Balaban J connectivity index is 2.34. The average Bonchev–Trinajstić information content (AvgIpc) is 2.20. The molecule has 1 fully saturated rings. The van der Waals surface area contributed by atoms with E-state index in [2.05, 4.69) is 24.1 Å². The zero-order valence-electron chi connectivity index (χ0n) is 10.5. The van der Waals surface area contributed by atoms with Gasteiger partial charge in [-0.2, -0.15) is 0 Å². The van der Waals surface area contributed by atoms with Crippen LogP contribution >= 0.6 is 0 Å². The van der Waals surface area contributed by atoms with Crippen molar-refractivity contribution in [3.8, 4) is 0 Å². The molecule has 0 aromatic carbocycles. The van der Waals surface area contributed by atoms with Crippen LogP contribution in [0.2, 0.25) is 0 Å². The maximum absolute atomic E-state index is 5.19. The topological polar surface area (TPSA) is 24.5 Å². The fourth-order valence-electron chi connectivity index (χ4n) is 2.25. The van der Waals surface area contributed by atoms with Crippen LogP contribution in [0.5, 0.6) is 0 Å². The Morgan fingerprint density at radius 1 is 1.33 bits per heavy atom. The number of rotatable bonds is 8. The SMILES string of the molecule is CCC(CC)N(CCOC)CC1CNC1. The highest BCUT2D eigenvalue weighted by molar-refractivity contribution is 4.80. The van der Waals surface area contributed by atoms with E-state index in [0.29, 0.717) is 0 Å². The highest BCUT2D eigenvalue weighted by Gasteiger charge is 2.23. The first-order valence-corrected chi connectivity index (χ1v) is 6.25. The van der Waals surface area contributed by atoms with Crippen LogP contribution in [0.3, 0.4) is 0 Å². The first-order valence-electron chi connectivity index (χ1n) is 6.25. The van der Waals surface area contributed by atoms with E-state index < -0.39 is 0 Å². The van der Waals surface area contributed by atoms with Crippen molar-refractivity contribution in [2.75, 3.05) is 39.9 Å². The summed E-state index contributed by atoms with van der Waals surface area (Å²) in [4.78, 5) is 2.61.